The predicted octanol–water partition coefficient (Wildman–Crippen LogP) is 2.02. The second-order valence-corrected chi connectivity index (χ2v) is 3.12. The molecule has 0 saturated heterocycles. The van der Waals surface area contributed by atoms with Gasteiger partial charge in [-0.1, -0.05) is 11.6 Å². The van der Waals surface area contributed by atoms with Gasteiger partial charge in [0, 0.05) is 6.20 Å². The highest BCUT2D eigenvalue weighted by molar-refractivity contribution is 6.72. The van der Waals surface area contributed by atoms with Gasteiger partial charge in [0.15, 0.2) is 0 Å². The van der Waals surface area contributed by atoms with Crippen molar-refractivity contribution in [2.24, 2.45) is 10.7 Å². The lowest BCUT2D eigenvalue weighted by Gasteiger charge is -1.99. The third-order valence-corrected chi connectivity index (χ3v) is 1.96. The highest BCUT2D eigenvalue weighted by Gasteiger charge is 2.12. The zero-order valence-corrected chi connectivity index (χ0v) is 8.78. The van der Waals surface area contributed by atoms with Crippen molar-refractivity contribution in [2.45, 2.75) is 0 Å². The quantitative estimate of drug-likeness (QED) is 0.629. The van der Waals surface area contributed by atoms with Crippen LogP contribution in [0.25, 0.3) is 0 Å². The van der Waals surface area contributed by atoms with E-state index in [1.165, 1.54) is 24.3 Å². The van der Waals surface area contributed by atoms with Crippen LogP contribution >= 0.6 is 11.6 Å². The molecule has 1 aromatic rings. The van der Waals surface area contributed by atoms with Crippen molar-refractivity contribution in [1.29, 1.82) is 0 Å². The van der Waals surface area contributed by atoms with Crippen LogP contribution < -0.4 is 5.73 Å². The van der Waals surface area contributed by atoms with Gasteiger partial charge >= 0.3 is 5.97 Å². The number of hydrogen-bond donors (Lipinski definition) is 2. The molecular formula is C10H8ClFN2O2. The SMILES string of the molecule is NC=C(C(=O)O)C(Cl)=Nc1ccc(F)cc1. The maximum Gasteiger partial charge on any atom is 0.340 e. The number of halogens is 2. The topological polar surface area (TPSA) is 75.7 Å². The minimum Gasteiger partial charge on any atom is -0.478 e. The number of carbonyl (C=O) groups is 1. The monoisotopic (exact) mass is 242 g/mol. The molecule has 0 aromatic heterocycles. The first kappa shape index (κ1) is 12.2. The zero-order chi connectivity index (χ0) is 12.1. The van der Waals surface area contributed by atoms with Crippen LogP contribution in [0.4, 0.5) is 10.1 Å². The van der Waals surface area contributed by atoms with Crippen molar-refractivity contribution in [3.63, 3.8) is 0 Å². The lowest BCUT2D eigenvalue weighted by Crippen LogP contribution is -2.09. The van der Waals surface area contributed by atoms with Gasteiger partial charge in [-0.3, -0.25) is 0 Å². The van der Waals surface area contributed by atoms with Crippen molar-refractivity contribution in [3.8, 4) is 0 Å². The number of aliphatic carboxylic acids is 1. The van der Waals surface area contributed by atoms with Gasteiger partial charge in [0.05, 0.1) is 5.69 Å². The Hall–Kier alpha value is -1.88. The van der Waals surface area contributed by atoms with E-state index in [2.05, 4.69) is 4.99 Å². The fourth-order valence-corrected chi connectivity index (χ4v) is 1.16. The molecule has 0 aliphatic rings. The van der Waals surface area contributed by atoms with E-state index in [-0.39, 0.29) is 10.7 Å². The molecule has 1 aromatic carbocycles. The molecule has 0 aliphatic carbocycles. The summed E-state index contributed by atoms with van der Waals surface area (Å²) in [6.45, 7) is 0. The number of nitrogens with two attached hydrogens (primary N) is 1. The van der Waals surface area contributed by atoms with E-state index >= 15 is 0 Å². The third kappa shape index (κ3) is 3.06. The number of rotatable bonds is 3. The van der Waals surface area contributed by atoms with E-state index in [4.69, 9.17) is 22.4 Å². The Morgan fingerprint density at radius 1 is 1.44 bits per heavy atom. The van der Waals surface area contributed by atoms with Crippen molar-refractivity contribution in [2.75, 3.05) is 0 Å². The van der Waals surface area contributed by atoms with E-state index in [1.807, 2.05) is 0 Å². The van der Waals surface area contributed by atoms with Gasteiger partial charge in [-0.2, -0.15) is 0 Å². The molecule has 0 fully saturated rings. The van der Waals surface area contributed by atoms with Crippen molar-refractivity contribution < 1.29 is 14.3 Å². The maximum absolute atomic E-state index is 12.6. The number of nitrogens with zero attached hydrogens (tertiary/aromatic N) is 1. The lowest BCUT2D eigenvalue weighted by atomic mass is 10.3. The summed E-state index contributed by atoms with van der Waals surface area (Å²) in [4.78, 5) is 14.4. The minimum absolute atomic E-state index is 0.262. The van der Waals surface area contributed by atoms with Crippen LogP contribution in [0.5, 0.6) is 0 Å². The molecule has 1 rings (SSSR count). The number of carboxylic acid groups (broad SMARTS) is 1. The molecule has 0 heterocycles. The summed E-state index contributed by atoms with van der Waals surface area (Å²) in [5, 5.41) is 8.43. The van der Waals surface area contributed by atoms with Gasteiger partial charge < -0.3 is 10.8 Å². The molecule has 6 heteroatoms. The fraction of sp³-hybridized carbons (Fsp3) is 0. The van der Waals surface area contributed by atoms with Crippen LogP contribution in [0, 0.1) is 5.82 Å². The summed E-state index contributed by atoms with van der Waals surface area (Å²) in [5.41, 5.74) is 5.11. The first-order valence-corrected chi connectivity index (χ1v) is 4.57. The molecule has 0 amide bonds. The summed E-state index contributed by atoms with van der Waals surface area (Å²) in [7, 11) is 0. The largest absolute Gasteiger partial charge is 0.478 e. The molecular weight excluding hydrogens is 235 g/mol. The van der Waals surface area contributed by atoms with Gasteiger partial charge in [-0.25, -0.2) is 14.2 Å². The average Bonchev–Trinajstić information content (AvgIpc) is 2.22. The highest BCUT2D eigenvalue weighted by atomic mass is 35.5. The molecule has 0 unspecified atom stereocenters. The Balaban J connectivity index is 3.00. The Labute approximate surface area is 95.9 Å². The third-order valence-electron chi connectivity index (χ3n) is 1.67. The Kier molecular flexibility index (Phi) is 4.02. The van der Waals surface area contributed by atoms with Gasteiger partial charge in [-0.15, -0.1) is 0 Å². The molecule has 0 saturated carbocycles. The van der Waals surface area contributed by atoms with E-state index in [9.17, 15) is 9.18 Å². The number of carboxylic acids is 1. The summed E-state index contributed by atoms with van der Waals surface area (Å²) >= 11 is 5.64. The molecule has 3 N–H and O–H groups in total. The second kappa shape index (κ2) is 5.27. The minimum atomic E-state index is -1.28. The van der Waals surface area contributed by atoms with Gasteiger partial charge in [0.2, 0.25) is 0 Å². The van der Waals surface area contributed by atoms with Gasteiger partial charge in [0.1, 0.15) is 16.6 Å². The van der Waals surface area contributed by atoms with Crippen molar-refractivity contribution in [1.82, 2.24) is 0 Å². The highest BCUT2D eigenvalue weighted by Crippen LogP contribution is 2.15. The summed E-state index contributed by atoms with van der Waals surface area (Å²) < 4.78 is 12.6. The fourth-order valence-electron chi connectivity index (χ4n) is 0.917. The predicted molar refractivity (Wildman–Crippen MR) is 59.3 cm³/mol. The van der Waals surface area contributed by atoms with E-state index in [0.29, 0.717) is 5.69 Å². The number of hydrogen-bond acceptors (Lipinski definition) is 3. The van der Waals surface area contributed by atoms with E-state index in [0.717, 1.165) is 6.20 Å². The maximum atomic E-state index is 12.6. The van der Waals surface area contributed by atoms with Gasteiger partial charge in [0.25, 0.3) is 0 Å². The van der Waals surface area contributed by atoms with Crippen LogP contribution in [0.15, 0.2) is 41.0 Å². The smallest absolute Gasteiger partial charge is 0.340 e. The molecule has 0 aliphatic heterocycles. The first-order valence-electron chi connectivity index (χ1n) is 4.20. The average molecular weight is 243 g/mol. The summed E-state index contributed by atoms with van der Waals surface area (Å²) in [6, 6.07) is 5.12. The summed E-state index contributed by atoms with van der Waals surface area (Å²) in [5.74, 6) is -1.69. The lowest BCUT2D eigenvalue weighted by molar-refractivity contribution is -0.132. The second-order valence-electron chi connectivity index (χ2n) is 2.76. The molecule has 4 nitrogen and oxygen atoms in total. The Bertz CT molecular complexity index is 454. The van der Waals surface area contributed by atoms with Crippen LogP contribution in [0.1, 0.15) is 0 Å². The molecule has 0 bridgehead atoms. The molecule has 0 atom stereocenters. The van der Waals surface area contributed by atoms with Crippen LogP contribution in [-0.4, -0.2) is 16.2 Å². The van der Waals surface area contributed by atoms with Gasteiger partial charge in [-0.05, 0) is 24.3 Å². The summed E-state index contributed by atoms with van der Waals surface area (Å²) in [6.07, 6.45) is 0.845. The zero-order valence-electron chi connectivity index (χ0n) is 8.02. The number of benzene rings is 1. The van der Waals surface area contributed by atoms with Crippen LogP contribution in [0.2, 0.25) is 0 Å². The normalized spacial score (nSPS) is 12.6. The number of aliphatic imine (C=N–C) groups is 1. The molecule has 0 spiro atoms. The van der Waals surface area contributed by atoms with E-state index in [1.54, 1.807) is 0 Å². The van der Waals surface area contributed by atoms with Crippen LogP contribution in [0.3, 0.4) is 0 Å². The molecule has 16 heavy (non-hydrogen) atoms. The van der Waals surface area contributed by atoms with E-state index < -0.39 is 11.8 Å². The molecule has 84 valence electrons. The first-order chi connectivity index (χ1) is 7.54. The van der Waals surface area contributed by atoms with Crippen molar-refractivity contribution >= 4 is 28.4 Å². The Morgan fingerprint density at radius 2 is 2.00 bits per heavy atom. The molecule has 0 radical (unpaired) electrons. The van der Waals surface area contributed by atoms with Crippen molar-refractivity contribution in [3.05, 3.63) is 41.9 Å². The standard InChI is InChI=1S/C10H8ClFN2O2/c11-9(8(5-13)10(15)16)14-7-3-1-6(12)2-4-7/h1-5H,13H2,(H,15,16). The Morgan fingerprint density at radius 3 is 2.44 bits per heavy atom. The van der Waals surface area contributed by atoms with Crippen LogP contribution in [-0.2, 0) is 4.79 Å².